The van der Waals surface area contributed by atoms with E-state index in [0.29, 0.717) is 6.04 Å². The highest BCUT2D eigenvalue weighted by molar-refractivity contribution is 7.09. The van der Waals surface area contributed by atoms with Crippen LogP contribution >= 0.6 is 11.3 Å². The Morgan fingerprint density at radius 2 is 2.13 bits per heavy atom. The number of hydrogen-bond donors (Lipinski definition) is 1. The Balaban J connectivity index is 2.42. The summed E-state index contributed by atoms with van der Waals surface area (Å²) in [5.74, 6) is 0.805. The maximum absolute atomic E-state index is 4.54. The zero-order chi connectivity index (χ0) is 11.3. The molecule has 0 saturated heterocycles. The van der Waals surface area contributed by atoms with E-state index in [2.05, 4.69) is 36.5 Å². The van der Waals surface area contributed by atoms with E-state index in [1.165, 1.54) is 25.0 Å². The minimum Gasteiger partial charge on any atom is -0.312 e. The number of aryl methyl sites for hydroxylation is 1. The van der Waals surface area contributed by atoms with Crippen LogP contribution in [-0.2, 0) is 0 Å². The van der Waals surface area contributed by atoms with Gasteiger partial charge >= 0.3 is 0 Å². The average Bonchev–Trinajstić information content (AvgIpc) is 2.59. The van der Waals surface area contributed by atoms with E-state index in [1.807, 2.05) is 7.05 Å². The first-order valence-corrected chi connectivity index (χ1v) is 6.60. The molecule has 1 N–H and O–H groups in total. The Morgan fingerprint density at radius 1 is 1.40 bits per heavy atom. The van der Waals surface area contributed by atoms with Gasteiger partial charge in [0.25, 0.3) is 0 Å². The Kier molecular flexibility index (Phi) is 5.26. The highest BCUT2D eigenvalue weighted by atomic mass is 32.1. The van der Waals surface area contributed by atoms with E-state index in [1.54, 1.807) is 11.3 Å². The van der Waals surface area contributed by atoms with Gasteiger partial charge in [0.1, 0.15) is 0 Å². The van der Waals surface area contributed by atoms with Crippen LogP contribution in [0.1, 0.15) is 49.9 Å². The van der Waals surface area contributed by atoms with E-state index in [-0.39, 0.29) is 0 Å². The molecule has 0 spiro atoms. The Hall–Kier alpha value is -0.410. The molecule has 1 rings (SSSR count). The molecule has 1 atom stereocenters. The summed E-state index contributed by atoms with van der Waals surface area (Å²) in [4.78, 5) is 4.54. The molecule has 0 bridgehead atoms. The number of nitrogens with zero attached hydrogens (tertiary/aromatic N) is 1. The first kappa shape index (κ1) is 12.7. The summed E-state index contributed by atoms with van der Waals surface area (Å²) in [6, 6.07) is 0.439. The van der Waals surface area contributed by atoms with E-state index in [0.717, 1.165) is 10.9 Å². The molecular formula is C12H22N2S. The molecule has 1 unspecified atom stereocenters. The van der Waals surface area contributed by atoms with Crippen molar-refractivity contribution >= 4 is 11.3 Å². The Labute approximate surface area is 97.1 Å². The van der Waals surface area contributed by atoms with Gasteiger partial charge in [0.2, 0.25) is 0 Å². The fraction of sp³-hybridized carbons (Fsp3) is 0.750. The molecule has 0 fully saturated rings. The van der Waals surface area contributed by atoms with Gasteiger partial charge in [-0.05, 0) is 26.3 Å². The van der Waals surface area contributed by atoms with Crippen molar-refractivity contribution in [3.63, 3.8) is 0 Å². The molecule has 15 heavy (non-hydrogen) atoms. The van der Waals surface area contributed by atoms with Crippen LogP contribution < -0.4 is 5.32 Å². The summed E-state index contributed by atoms with van der Waals surface area (Å²) in [6.45, 7) is 6.62. The van der Waals surface area contributed by atoms with Crippen LogP contribution in [-0.4, -0.2) is 12.0 Å². The number of nitrogens with one attached hydrogen (secondary N) is 1. The number of rotatable bonds is 6. The fourth-order valence-electron chi connectivity index (χ4n) is 1.71. The normalized spacial score (nSPS) is 13.4. The van der Waals surface area contributed by atoms with Crippen molar-refractivity contribution in [1.82, 2.24) is 10.3 Å². The van der Waals surface area contributed by atoms with Crippen LogP contribution in [0.4, 0.5) is 0 Å². The second-order valence-corrected chi connectivity index (χ2v) is 5.52. The lowest BCUT2D eigenvalue weighted by atomic mass is 10.0. The molecule has 2 nitrogen and oxygen atoms in total. The average molecular weight is 226 g/mol. The summed E-state index contributed by atoms with van der Waals surface area (Å²) in [5.41, 5.74) is 1.21. The zero-order valence-electron chi connectivity index (χ0n) is 10.2. The lowest BCUT2D eigenvalue weighted by Gasteiger charge is -2.14. The number of thiazole rings is 1. The summed E-state index contributed by atoms with van der Waals surface area (Å²) in [5, 5.41) is 6.68. The third-order valence-corrected chi connectivity index (χ3v) is 3.41. The van der Waals surface area contributed by atoms with Gasteiger partial charge in [0.05, 0.1) is 16.7 Å². The monoisotopic (exact) mass is 226 g/mol. The smallest absolute Gasteiger partial charge is 0.0898 e. The van der Waals surface area contributed by atoms with E-state index in [9.17, 15) is 0 Å². The van der Waals surface area contributed by atoms with Gasteiger partial charge in [-0.1, -0.05) is 26.7 Å². The van der Waals surface area contributed by atoms with Crippen molar-refractivity contribution in [2.24, 2.45) is 5.92 Å². The molecule has 1 aromatic rings. The van der Waals surface area contributed by atoms with Gasteiger partial charge in [-0.15, -0.1) is 11.3 Å². The van der Waals surface area contributed by atoms with Crippen LogP contribution in [0.25, 0.3) is 0 Å². The van der Waals surface area contributed by atoms with Crippen molar-refractivity contribution in [2.75, 3.05) is 7.05 Å². The first-order chi connectivity index (χ1) is 7.13. The lowest BCUT2D eigenvalue weighted by molar-refractivity contribution is 0.465. The van der Waals surface area contributed by atoms with E-state index in [4.69, 9.17) is 0 Å². The minimum atomic E-state index is 0.439. The summed E-state index contributed by atoms with van der Waals surface area (Å²) in [6.07, 6.45) is 3.78. The van der Waals surface area contributed by atoms with E-state index >= 15 is 0 Å². The highest BCUT2D eigenvalue weighted by Gasteiger charge is 2.11. The molecule has 1 heterocycles. The molecule has 3 heteroatoms. The van der Waals surface area contributed by atoms with E-state index < -0.39 is 0 Å². The SMILES string of the molecule is CNC(CCCC(C)C)c1csc(C)n1. The van der Waals surface area contributed by atoms with Crippen LogP contribution in [0.3, 0.4) is 0 Å². The van der Waals surface area contributed by atoms with Crippen LogP contribution in [0.15, 0.2) is 5.38 Å². The van der Waals surface area contributed by atoms with Gasteiger partial charge in [0, 0.05) is 5.38 Å². The molecule has 0 aliphatic carbocycles. The third kappa shape index (κ3) is 4.31. The maximum atomic E-state index is 4.54. The molecule has 1 aromatic heterocycles. The molecular weight excluding hydrogens is 204 g/mol. The molecule has 0 aliphatic rings. The van der Waals surface area contributed by atoms with Crippen molar-refractivity contribution in [3.8, 4) is 0 Å². The second kappa shape index (κ2) is 6.23. The number of hydrogen-bond acceptors (Lipinski definition) is 3. The second-order valence-electron chi connectivity index (χ2n) is 4.46. The maximum Gasteiger partial charge on any atom is 0.0898 e. The van der Waals surface area contributed by atoms with Gasteiger partial charge < -0.3 is 5.32 Å². The van der Waals surface area contributed by atoms with Crippen LogP contribution in [0, 0.1) is 12.8 Å². The van der Waals surface area contributed by atoms with Gasteiger partial charge in [0.15, 0.2) is 0 Å². The quantitative estimate of drug-likeness (QED) is 0.802. The van der Waals surface area contributed by atoms with Gasteiger partial charge in [-0.25, -0.2) is 4.98 Å². The Morgan fingerprint density at radius 3 is 2.60 bits per heavy atom. The predicted octanol–water partition coefficient (Wildman–Crippen LogP) is 3.54. The summed E-state index contributed by atoms with van der Waals surface area (Å²) < 4.78 is 0. The fourth-order valence-corrected chi connectivity index (χ4v) is 2.38. The zero-order valence-corrected chi connectivity index (χ0v) is 11.0. The standard InChI is InChI=1S/C12H22N2S/c1-9(2)6-5-7-11(13-4)12-8-15-10(3)14-12/h8-9,11,13H,5-7H2,1-4H3. The van der Waals surface area contributed by atoms with Gasteiger partial charge in [-0.2, -0.15) is 0 Å². The van der Waals surface area contributed by atoms with Crippen molar-refractivity contribution < 1.29 is 0 Å². The largest absolute Gasteiger partial charge is 0.312 e. The van der Waals surface area contributed by atoms with Gasteiger partial charge in [-0.3, -0.25) is 0 Å². The Bertz CT molecular complexity index is 281. The topological polar surface area (TPSA) is 24.9 Å². The molecule has 0 aromatic carbocycles. The minimum absolute atomic E-state index is 0.439. The van der Waals surface area contributed by atoms with Crippen LogP contribution in [0.5, 0.6) is 0 Å². The van der Waals surface area contributed by atoms with Crippen molar-refractivity contribution in [3.05, 3.63) is 16.1 Å². The molecule has 0 radical (unpaired) electrons. The highest BCUT2D eigenvalue weighted by Crippen LogP contribution is 2.21. The third-order valence-electron chi connectivity index (χ3n) is 2.62. The molecule has 0 amide bonds. The molecule has 86 valence electrons. The molecule has 0 aliphatic heterocycles. The first-order valence-electron chi connectivity index (χ1n) is 5.72. The van der Waals surface area contributed by atoms with Crippen LogP contribution in [0.2, 0.25) is 0 Å². The summed E-state index contributed by atoms with van der Waals surface area (Å²) >= 11 is 1.74. The number of aromatic nitrogens is 1. The predicted molar refractivity (Wildman–Crippen MR) is 67.3 cm³/mol. The van der Waals surface area contributed by atoms with Crippen molar-refractivity contribution in [2.45, 2.75) is 46.1 Å². The lowest BCUT2D eigenvalue weighted by Crippen LogP contribution is -2.16. The molecule has 0 saturated carbocycles. The van der Waals surface area contributed by atoms with Crippen molar-refractivity contribution in [1.29, 1.82) is 0 Å². The summed E-state index contributed by atoms with van der Waals surface area (Å²) in [7, 11) is 2.02.